The van der Waals surface area contributed by atoms with E-state index in [1.54, 1.807) is 0 Å². The second kappa shape index (κ2) is 7.09. The Hall–Kier alpha value is -1.62. The van der Waals surface area contributed by atoms with Crippen LogP contribution in [0.1, 0.15) is 32.6 Å². The third-order valence-corrected chi connectivity index (χ3v) is 4.61. The molecule has 1 aromatic heterocycles. The fourth-order valence-corrected chi connectivity index (χ4v) is 3.39. The zero-order valence-electron chi connectivity index (χ0n) is 12.8. The third-order valence-electron chi connectivity index (χ3n) is 4.11. The van der Waals surface area contributed by atoms with E-state index in [4.69, 9.17) is 4.98 Å². The summed E-state index contributed by atoms with van der Waals surface area (Å²) in [5.74, 6) is 1.68. The Kier molecular flexibility index (Phi) is 4.93. The highest BCUT2D eigenvalue weighted by Crippen LogP contribution is 2.26. The average molecular weight is 361 g/mol. The van der Waals surface area contributed by atoms with E-state index in [9.17, 15) is 0 Å². The number of nitrogens with one attached hydrogen (secondary N) is 1. The molecule has 116 valence electrons. The maximum absolute atomic E-state index is 4.71. The lowest BCUT2D eigenvalue weighted by atomic mass is 10.0. The SMILES string of the molecule is CCC1CCCCN1c1ccnc(Nc2cccc(Br)c2)n1. The number of aromatic nitrogens is 2. The van der Waals surface area contributed by atoms with Crippen molar-refractivity contribution in [1.29, 1.82) is 0 Å². The highest BCUT2D eigenvalue weighted by Gasteiger charge is 2.22. The maximum atomic E-state index is 4.71. The fraction of sp³-hybridized carbons (Fsp3) is 0.412. The summed E-state index contributed by atoms with van der Waals surface area (Å²) in [6.07, 6.45) is 6.83. The van der Waals surface area contributed by atoms with E-state index < -0.39 is 0 Å². The van der Waals surface area contributed by atoms with Crippen molar-refractivity contribution in [2.75, 3.05) is 16.8 Å². The zero-order chi connectivity index (χ0) is 15.4. The minimum absolute atomic E-state index is 0.599. The number of benzene rings is 1. The standard InChI is InChI=1S/C17H21BrN4/c1-2-15-8-3-4-11-22(15)16-9-10-19-17(21-16)20-14-7-5-6-13(18)12-14/h5-7,9-10,12,15H,2-4,8,11H2,1H3,(H,19,20,21). The van der Waals surface area contributed by atoms with Crippen molar-refractivity contribution in [2.24, 2.45) is 0 Å². The lowest BCUT2D eigenvalue weighted by Crippen LogP contribution is -2.39. The van der Waals surface area contributed by atoms with Gasteiger partial charge in [-0.05, 0) is 49.9 Å². The predicted octanol–water partition coefficient (Wildman–Crippen LogP) is 4.75. The first-order chi connectivity index (χ1) is 10.8. The van der Waals surface area contributed by atoms with Gasteiger partial charge in [0.1, 0.15) is 5.82 Å². The third kappa shape index (κ3) is 3.58. The van der Waals surface area contributed by atoms with Crippen LogP contribution in [0.25, 0.3) is 0 Å². The van der Waals surface area contributed by atoms with Gasteiger partial charge in [0, 0.05) is 28.9 Å². The molecule has 1 unspecified atom stereocenters. The smallest absolute Gasteiger partial charge is 0.229 e. The Morgan fingerprint density at radius 2 is 2.23 bits per heavy atom. The van der Waals surface area contributed by atoms with Gasteiger partial charge in [-0.2, -0.15) is 4.98 Å². The van der Waals surface area contributed by atoms with Crippen molar-refractivity contribution < 1.29 is 0 Å². The molecule has 2 heterocycles. The van der Waals surface area contributed by atoms with Crippen molar-refractivity contribution in [3.63, 3.8) is 0 Å². The lowest BCUT2D eigenvalue weighted by Gasteiger charge is -2.36. The van der Waals surface area contributed by atoms with Gasteiger partial charge in [0.25, 0.3) is 0 Å². The topological polar surface area (TPSA) is 41.1 Å². The van der Waals surface area contributed by atoms with Crippen LogP contribution < -0.4 is 10.2 Å². The van der Waals surface area contributed by atoms with E-state index in [-0.39, 0.29) is 0 Å². The van der Waals surface area contributed by atoms with Gasteiger partial charge in [-0.1, -0.05) is 28.9 Å². The van der Waals surface area contributed by atoms with Crippen LogP contribution in [0.2, 0.25) is 0 Å². The first-order valence-electron chi connectivity index (χ1n) is 7.88. The maximum Gasteiger partial charge on any atom is 0.229 e. The van der Waals surface area contributed by atoms with Gasteiger partial charge in [0.15, 0.2) is 0 Å². The average Bonchev–Trinajstić information content (AvgIpc) is 2.55. The zero-order valence-corrected chi connectivity index (χ0v) is 14.4. The molecule has 0 spiro atoms. The second-order valence-corrected chi connectivity index (χ2v) is 6.54. The van der Waals surface area contributed by atoms with Crippen molar-refractivity contribution >= 4 is 33.4 Å². The van der Waals surface area contributed by atoms with Crippen molar-refractivity contribution in [1.82, 2.24) is 9.97 Å². The Labute approximate surface area is 140 Å². The van der Waals surface area contributed by atoms with Crippen LogP contribution in [0, 0.1) is 0 Å². The highest BCUT2D eigenvalue weighted by molar-refractivity contribution is 9.10. The van der Waals surface area contributed by atoms with Crippen LogP contribution in [0.4, 0.5) is 17.5 Å². The molecule has 4 nitrogen and oxygen atoms in total. The number of rotatable bonds is 4. The van der Waals surface area contributed by atoms with Crippen LogP contribution in [-0.4, -0.2) is 22.6 Å². The van der Waals surface area contributed by atoms with E-state index in [0.717, 1.165) is 22.5 Å². The van der Waals surface area contributed by atoms with Crippen LogP contribution in [0.5, 0.6) is 0 Å². The number of hydrogen-bond acceptors (Lipinski definition) is 4. The van der Waals surface area contributed by atoms with E-state index in [1.165, 1.54) is 25.7 Å². The molecule has 0 amide bonds. The minimum Gasteiger partial charge on any atom is -0.353 e. The molecule has 1 aliphatic rings. The van der Waals surface area contributed by atoms with E-state index in [0.29, 0.717) is 12.0 Å². The van der Waals surface area contributed by atoms with Crippen LogP contribution in [0.15, 0.2) is 41.0 Å². The lowest BCUT2D eigenvalue weighted by molar-refractivity contribution is 0.447. The molecule has 5 heteroatoms. The summed E-state index contributed by atoms with van der Waals surface area (Å²) in [6, 6.07) is 10.6. The van der Waals surface area contributed by atoms with Crippen molar-refractivity contribution in [2.45, 2.75) is 38.6 Å². The van der Waals surface area contributed by atoms with Gasteiger partial charge in [-0.3, -0.25) is 0 Å². The molecule has 0 saturated carbocycles. The summed E-state index contributed by atoms with van der Waals surface area (Å²) in [7, 11) is 0. The number of anilines is 3. The number of piperidine rings is 1. The molecule has 3 rings (SSSR count). The number of hydrogen-bond donors (Lipinski definition) is 1. The first-order valence-corrected chi connectivity index (χ1v) is 8.68. The summed E-state index contributed by atoms with van der Waals surface area (Å²) >= 11 is 3.48. The molecule has 0 aliphatic carbocycles. The summed E-state index contributed by atoms with van der Waals surface area (Å²) in [5, 5.41) is 3.28. The summed E-state index contributed by atoms with van der Waals surface area (Å²) in [6.45, 7) is 3.34. The van der Waals surface area contributed by atoms with Gasteiger partial charge in [0.2, 0.25) is 5.95 Å². The summed E-state index contributed by atoms with van der Waals surface area (Å²) < 4.78 is 1.04. The molecule has 22 heavy (non-hydrogen) atoms. The molecule has 1 atom stereocenters. The van der Waals surface area contributed by atoms with Crippen molar-refractivity contribution in [3.05, 3.63) is 41.0 Å². The van der Waals surface area contributed by atoms with E-state index in [2.05, 4.69) is 38.1 Å². The molecule has 1 N–H and O–H groups in total. The van der Waals surface area contributed by atoms with E-state index in [1.807, 2.05) is 36.5 Å². The molecule has 1 aliphatic heterocycles. The number of nitrogens with zero attached hydrogens (tertiary/aromatic N) is 3. The Morgan fingerprint density at radius 1 is 1.32 bits per heavy atom. The van der Waals surface area contributed by atoms with Crippen LogP contribution in [-0.2, 0) is 0 Å². The monoisotopic (exact) mass is 360 g/mol. The van der Waals surface area contributed by atoms with Gasteiger partial charge in [0.05, 0.1) is 0 Å². The van der Waals surface area contributed by atoms with Crippen LogP contribution in [0.3, 0.4) is 0 Å². The second-order valence-electron chi connectivity index (χ2n) is 5.63. The molecule has 0 bridgehead atoms. The van der Waals surface area contributed by atoms with E-state index >= 15 is 0 Å². The molecule has 0 radical (unpaired) electrons. The largest absolute Gasteiger partial charge is 0.353 e. The van der Waals surface area contributed by atoms with Crippen molar-refractivity contribution in [3.8, 4) is 0 Å². The summed E-state index contributed by atoms with van der Waals surface area (Å²) in [5.41, 5.74) is 0.984. The molecule has 1 saturated heterocycles. The number of halogens is 1. The Balaban J connectivity index is 1.80. The first kappa shape index (κ1) is 15.3. The normalized spacial score (nSPS) is 18.3. The molecule has 1 aromatic carbocycles. The van der Waals surface area contributed by atoms with Gasteiger partial charge >= 0.3 is 0 Å². The van der Waals surface area contributed by atoms with Gasteiger partial charge in [-0.25, -0.2) is 4.98 Å². The summed E-state index contributed by atoms with van der Waals surface area (Å²) in [4.78, 5) is 11.5. The quantitative estimate of drug-likeness (QED) is 0.853. The highest BCUT2D eigenvalue weighted by atomic mass is 79.9. The van der Waals surface area contributed by atoms with Crippen LogP contribution >= 0.6 is 15.9 Å². The Bertz CT molecular complexity index is 632. The predicted molar refractivity (Wildman–Crippen MR) is 94.7 cm³/mol. The molecular formula is C17H21BrN4. The van der Waals surface area contributed by atoms with Gasteiger partial charge < -0.3 is 10.2 Å². The Morgan fingerprint density at radius 3 is 3.05 bits per heavy atom. The molecule has 1 fully saturated rings. The van der Waals surface area contributed by atoms with Gasteiger partial charge in [-0.15, -0.1) is 0 Å². The molecule has 2 aromatic rings. The fourth-order valence-electron chi connectivity index (χ4n) is 2.99. The minimum atomic E-state index is 0.599. The molecular weight excluding hydrogens is 340 g/mol.